The number of hydrogen-bond acceptors (Lipinski definition) is 1. The van der Waals surface area contributed by atoms with Gasteiger partial charge in [0, 0.05) is 12.4 Å². The van der Waals surface area contributed by atoms with Crippen molar-refractivity contribution in [2.24, 2.45) is 0 Å². The second kappa shape index (κ2) is 4.98. The first-order chi connectivity index (χ1) is 4.43. The Morgan fingerprint density at radius 2 is 1.90 bits per heavy atom. The first-order valence-electron chi connectivity index (χ1n) is 3.32. The molecule has 56 valence electrons. The van der Waals surface area contributed by atoms with E-state index in [9.17, 15) is 0 Å². The zero-order chi connectivity index (χ0) is 6.53. The van der Waals surface area contributed by atoms with E-state index >= 15 is 0 Å². The van der Waals surface area contributed by atoms with Gasteiger partial charge in [0.15, 0.2) is 0 Å². The second-order valence-electron chi connectivity index (χ2n) is 2.11. The molecule has 0 atom stereocenters. The summed E-state index contributed by atoms with van der Waals surface area (Å²) < 4.78 is 0. The molecule has 1 rings (SSSR count). The normalized spacial score (nSPS) is 8.50. The molecular formula is C9H15N. The Morgan fingerprint density at radius 1 is 1.30 bits per heavy atom. The third kappa shape index (κ3) is 2.62. The van der Waals surface area contributed by atoms with Crippen LogP contribution in [0.2, 0.25) is 0 Å². The third-order valence-corrected chi connectivity index (χ3v) is 1.29. The summed E-state index contributed by atoms with van der Waals surface area (Å²) in [7, 11) is 0. The van der Waals surface area contributed by atoms with Crippen molar-refractivity contribution in [2.45, 2.75) is 27.2 Å². The molecule has 1 heterocycles. The molecule has 1 nitrogen and oxygen atoms in total. The van der Waals surface area contributed by atoms with Crippen LogP contribution in [0, 0.1) is 0 Å². The molecule has 0 aliphatic rings. The van der Waals surface area contributed by atoms with E-state index in [4.69, 9.17) is 0 Å². The van der Waals surface area contributed by atoms with Crippen molar-refractivity contribution >= 4 is 0 Å². The van der Waals surface area contributed by atoms with Gasteiger partial charge in [-0.3, -0.25) is 4.98 Å². The fraction of sp³-hybridized carbons (Fsp3) is 0.444. The Labute approximate surface area is 63.1 Å². The van der Waals surface area contributed by atoms with Crippen LogP contribution in [0.4, 0.5) is 0 Å². The van der Waals surface area contributed by atoms with Crippen LogP contribution in [0.1, 0.15) is 26.3 Å². The minimum Gasteiger partial charge on any atom is -0.265 e. The summed E-state index contributed by atoms with van der Waals surface area (Å²) in [5, 5.41) is 0. The molecule has 0 fully saturated rings. The van der Waals surface area contributed by atoms with E-state index in [0.717, 1.165) is 0 Å². The number of rotatable bonds is 2. The number of aromatic nitrogens is 1. The molecule has 0 amide bonds. The largest absolute Gasteiger partial charge is 0.265 e. The Bertz CT molecular complexity index is 158. The first kappa shape index (κ1) is 9.15. The topological polar surface area (TPSA) is 12.9 Å². The van der Waals surface area contributed by atoms with Crippen LogP contribution in [-0.2, 0) is 6.42 Å². The van der Waals surface area contributed by atoms with Crippen LogP contribution in [0.5, 0.6) is 0 Å². The second-order valence-corrected chi connectivity index (χ2v) is 2.11. The van der Waals surface area contributed by atoms with Gasteiger partial charge in [-0.05, 0) is 24.1 Å². The van der Waals surface area contributed by atoms with Crippen LogP contribution in [-0.4, -0.2) is 4.98 Å². The maximum absolute atomic E-state index is 3.93. The van der Waals surface area contributed by atoms with Crippen LogP contribution in [0.3, 0.4) is 0 Å². The van der Waals surface area contributed by atoms with Crippen molar-refractivity contribution in [3.63, 3.8) is 0 Å². The molecule has 0 saturated heterocycles. The quantitative estimate of drug-likeness (QED) is 0.610. The Balaban J connectivity index is 0.000000810. The lowest BCUT2D eigenvalue weighted by Crippen LogP contribution is -1.80. The van der Waals surface area contributed by atoms with E-state index in [1.807, 2.05) is 12.4 Å². The van der Waals surface area contributed by atoms with Gasteiger partial charge >= 0.3 is 0 Å². The summed E-state index contributed by atoms with van der Waals surface area (Å²) in [6, 6.07) is 4.12. The highest BCUT2D eigenvalue weighted by Crippen LogP contribution is 1.98. The standard InChI is InChI=1S/C8H11N.CH4/c1-2-3-8-4-6-9-7-5-8;/h4-7H,2-3H2,1H3;1H4. The molecule has 10 heavy (non-hydrogen) atoms. The third-order valence-electron chi connectivity index (χ3n) is 1.29. The summed E-state index contributed by atoms with van der Waals surface area (Å²) in [6.45, 7) is 2.18. The zero-order valence-corrected chi connectivity index (χ0v) is 5.67. The van der Waals surface area contributed by atoms with Gasteiger partial charge in [0.1, 0.15) is 0 Å². The number of hydrogen-bond donors (Lipinski definition) is 0. The lowest BCUT2D eigenvalue weighted by Gasteiger charge is -1.93. The molecule has 0 saturated carbocycles. The van der Waals surface area contributed by atoms with Crippen molar-refractivity contribution in [2.75, 3.05) is 0 Å². The van der Waals surface area contributed by atoms with Gasteiger partial charge in [-0.25, -0.2) is 0 Å². The Kier molecular flexibility index (Phi) is 4.55. The Morgan fingerprint density at radius 3 is 2.40 bits per heavy atom. The molecule has 0 aliphatic heterocycles. The fourth-order valence-electron chi connectivity index (χ4n) is 0.838. The average molecular weight is 137 g/mol. The van der Waals surface area contributed by atoms with Gasteiger partial charge in [0.2, 0.25) is 0 Å². The number of nitrogens with zero attached hydrogens (tertiary/aromatic N) is 1. The van der Waals surface area contributed by atoms with Gasteiger partial charge in [0.25, 0.3) is 0 Å². The fourth-order valence-corrected chi connectivity index (χ4v) is 0.838. The van der Waals surface area contributed by atoms with Crippen molar-refractivity contribution in [3.05, 3.63) is 30.1 Å². The lowest BCUT2D eigenvalue weighted by molar-refractivity contribution is 0.918. The van der Waals surface area contributed by atoms with Crippen molar-refractivity contribution < 1.29 is 0 Å². The van der Waals surface area contributed by atoms with Crippen LogP contribution < -0.4 is 0 Å². The van der Waals surface area contributed by atoms with E-state index in [2.05, 4.69) is 24.0 Å². The van der Waals surface area contributed by atoms with Crippen molar-refractivity contribution in [1.29, 1.82) is 0 Å². The van der Waals surface area contributed by atoms with Gasteiger partial charge in [0.05, 0.1) is 0 Å². The SMILES string of the molecule is C.CCCc1ccncc1. The maximum Gasteiger partial charge on any atom is 0.0270 e. The summed E-state index contributed by atoms with van der Waals surface area (Å²) in [5.41, 5.74) is 1.38. The smallest absolute Gasteiger partial charge is 0.0270 e. The van der Waals surface area contributed by atoms with Gasteiger partial charge in [-0.2, -0.15) is 0 Å². The first-order valence-corrected chi connectivity index (χ1v) is 3.32. The van der Waals surface area contributed by atoms with Crippen LogP contribution in [0.25, 0.3) is 0 Å². The Hall–Kier alpha value is -0.850. The van der Waals surface area contributed by atoms with Crippen LogP contribution in [0.15, 0.2) is 24.5 Å². The lowest BCUT2D eigenvalue weighted by atomic mass is 10.2. The van der Waals surface area contributed by atoms with E-state index < -0.39 is 0 Å². The molecule has 0 spiro atoms. The minimum atomic E-state index is 0. The maximum atomic E-state index is 3.93. The monoisotopic (exact) mass is 137 g/mol. The summed E-state index contributed by atoms with van der Waals surface area (Å²) in [5.74, 6) is 0. The highest BCUT2D eigenvalue weighted by Gasteiger charge is 1.85. The molecule has 0 radical (unpaired) electrons. The zero-order valence-electron chi connectivity index (χ0n) is 5.67. The van der Waals surface area contributed by atoms with Crippen LogP contribution >= 0.6 is 0 Å². The van der Waals surface area contributed by atoms with Crippen molar-refractivity contribution in [1.82, 2.24) is 4.98 Å². The van der Waals surface area contributed by atoms with E-state index in [-0.39, 0.29) is 7.43 Å². The molecule has 0 N–H and O–H groups in total. The highest BCUT2D eigenvalue weighted by atomic mass is 14.6. The predicted molar refractivity (Wildman–Crippen MR) is 45.0 cm³/mol. The molecule has 1 aromatic rings. The molecule has 0 bridgehead atoms. The molecule has 0 unspecified atom stereocenters. The molecule has 1 heteroatoms. The average Bonchev–Trinajstić information content (AvgIpc) is 1.91. The number of aryl methyl sites for hydroxylation is 1. The number of pyridine rings is 1. The predicted octanol–water partition coefficient (Wildman–Crippen LogP) is 2.67. The summed E-state index contributed by atoms with van der Waals surface area (Å²) in [6.07, 6.45) is 6.06. The molecule has 0 aromatic carbocycles. The molecule has 1 aromatic heterocycles. The molecule has 0 aliphatic carbocycles. The highest BCUT2D eigenvalue weighted by molar-refractivity contribution is 5.09. The van der Waals surface area contributed by atoms with E-state index in [0.29, 0.717) is 0 Å². The van der Waals surface area contributed by atoms with Crippen molar-refractivity contribution in [3.8, 4) is 0 Å². The molecular weight excluding hydrogens is 122 g/mol. The summed E-state index contributed by atoms with van der Waals surface area (Å²) in [4.78, 5) is 3.93. The summed E-state index contributed by atoms with van der Waals surface area (Å²) >= 11 is 0. The van der Waals surface area contributed by atoms with Gasteiger partial charge < -0.3 is 0 Å². The van der Waals surface area contributed by atoms with Gasteiger partial charge in [-0.15, -0.1) is 0 Å². The minimum absolute atomic E-state index is 0. The van der Waals surface area contributed by atoms with Gasteiger partial charge in [-0.1, -0.05) is 20.8 Å². The van der Waals surface area contributed by atoms with E-state index in [1.54, 1.807) is 0 Å². The van der Waals surface area contributed by atoms with E-state index in [1.165, 1.54) is 18.4 Å².